The number of hydrogen-bond donors (Lipinski definition) is 0. The Balaban J connectivity index is 1.86. The molecule has 0 aromatic carbocycles. The summed E-state index contributed by atoms with van der Waals surface area (Å²) in [6.45, 7) is 7.22. The van der Waals surface area contributed by atoms with Gasteiger partial charge in [-0.3, -0.25) is 0 Å². The average molecular weight is 339 g/mol. The SMILES string of the molecule is CC1CCCC(P(=O)(C2CCCC(C)C2)C2CCCC(C)C2)C1. The van der Waals surface area contributed by atoms with E-state index in [0.717, 1.165) is 17.8 Å². The van der Waals surface area contributed by atoms with Gasteiger partial charge in [-0.15, -0.1) is 0 Å². The van der Waals surface area contributed by atoms with Crippen LogP contribution >= 0.6 is 7.14 Å². The molecular formula is C21H39OP. The van der Waals surface area contributed by atoms with Crippen molar-refractivity contribution >= 4 is 7.14 Å². The van der Waals surface area contributed by atoms with Gasteiger partial charge in [0.2, 0.25) is 0 Å². The van der Waals surface area contributed by atoms with Gasteiger partial charge in [0.1, 0.15) is 0 Å². The molecule has 3 rings (SSSR count). The molecule has 3 fully saturated rings. The molecule has 23 heavy (non-hydrogen) atoms. The molecule has 0 aromatic rings. The smallest absolute Gasteiger partial charge is 0.0965 e. The Bertz CT molecular complexity index is 370. The predicted octanol–water partition coefficient (Wildman–Crippen LogP) is 7.09. The van der Waals surface area contributed by atoms with Gasteiger partial charge >= 0.3 is 0 Å². The summed E-state index contributed by atoms with van der Waals surface area (Å²) in [6.07, 6.45) is 15.8. The van der Waals surface area contributed by atoms with Crippen molar-refractivity contribution in [2.75, 3.05) is 0 Å². The van der Waals surface area contributed by atoms with E-state index in [1.165, 1.54) is 77.0 Å². The Hall–Kier alpha value is 0.230. The highest BCUT2D eigenvalue weighted by Crippen LogP contribution is 2.69. The Labute approximate surface area is 144 Å². The lowest BCUT2D eigenvalue weighted by Gasteiger charge is -2.46. The van der Waals surface area contributed by atoms with Gasteiger partial charge in [-0.1, -0.05) is 59.3 Å². The molecule has 1 nitrogen and oxygen atoms in total. The fourth-order valence-corrected chi connectivity index (χ4v) is 11.8. The Kier molecular flexibility index (Phi) is 5.99. The first kappa shape index (κ1) is 18.0. The predicted molar refractivity (Wildman–Crippen MR) is 102 cm³/mol. The van der Waals surface area contributed by atoms with Crippen molar-refractivity contribution in [3.05, 3.63) is 0 Å². The summed E-state index contributed by atoms with van der Waals surface area (Å²) in [6, 6.07) is 0. The second-order valence-electron chi connectivity index (χ2n) is 9.54. The molecule has 0 radical (unpaired) electrons. The maximum absolute atomic E-state index is 14.7. The summed E-state index contributed by atoms with van der Waals surface area (Å²) in [7, 11) is -2.06. The Morgan fingerprint density at radius 2 is 0.870 bits per heavy atom. The van der Waals surface area contributed by atoms with Gasteiger partial charge in [0.05, 0.1) is 7.14 Å². The van der Waals surface area contributed by atoms with Gasteiger partial charge in [-0.2, -0.15) is 0 Å². The van der Waals surface area contributed by atoms with Crippen LogP contribution in [0, 0.1) is 17.8 Å². The molecule has 0 amide bonds. The van der Waals surface area contributed by atoms with E-state index in [-0.39, 0.29) is 0 Å². The van der Waals surface area contributed by atoms with Crippen molar-refractivity contribution in [2.45, 2.75) is 115 Å². The third-order valence-electron chi connectivity index (χ3n) is 7.44. The lowest BCUT2D eigenvalue weighted by molar-refractivity contribution is 0.334. The number of rotatable bonds is 3. The van der Waals surface area contributed by atoms with Crippen molar-refractivity contribution in [3.8, 4) is 0 Å². The summed E-state index contributed by atoms with van der Waals surface area (Å²) in [5, 5.41) is 0. The number of hydrogen-bond acceptors (Lipinski definition) is 1. The minimum absolute atomic E-state index is 0.580. The van der Waals surface area contributed by atoms with Crippen LogP contribution in [0.2, 0.25) is 0 Å². The van der Waals surface area contributed by atoms with Crippen LogP contribution < -0.4 is 0 Å². The van der Waals surface area contributed by atoms with Gasteiger partial charge in [0.25, 0.3) is 0 Å². The third-order valence-corrected chi connectivity index (χ3v) is 12.3. The lowest BCUT2D eigenvalue weighted by Crippen LogP contribution is -2.34. The fraction of sp³-hybridized carbons (Fsp3) is 1.00. The van der Waals surface area contributed by atoms with Gasteiger partial charge in [0, 0.05) is 17.0 Å². The molecule has 0 bridgehead atoms. The van der Waals surface area contributed by atoms with E-state index in [1.54, 1.807) is 0 Å². The zero-order chi connectivity index (χ0) is 16.4. The zero-order valence-corrected chi connectivity index (χ0v) is 16.7. The first-order chi connectivity index (χ1) is 11.0. The van der Waals surface area contributed by atoms with Crippen LogP contribution in [0.5, 0.6) is 0 Å². The van der Waals surface area contributed by atoms with Crippen molar-refractivity contribution in [3.63, 3.8) is 0 Å². The molecule has 2 heteroatoms. The summed E-state index contributed by atoms with van der Waals surface area (Å²) < 4.78 is 14.7. The molecule has 0 aliphatic heterocycles. The maximum Gasteiger partial charge on any atom is 0.0965 e. The highest BCUT2D eigenvalue weighted by molar-refractivity contribution is 7.66. The van der Waals surface area contributed by atoms with Crippen LogP contribution in [0.15, 0.2) is 0 Å². The second kappa shape index (κ2) is 7.63. The molecule has 3 aliphatic carbocycles. The second-order valence-corrected chi connectivity index (χ2v) is 13.3. The first-order valence-electron chi connectivity index (χ1n) is 10.6. The Morgan fingerprint density at radius 1 is 0.565 bits per heavy atom. The minimum atomic E-state index is -2.06. The monoisotopic (exact) mass is 338 g/mol. The summed E-state index contributed by atoms with van der Waals surface area (Å²) in [5.74, 6) is 2.43. The van der Waals surface area contributed by atoms with Crippen molar-refractivity contribution < 1.29 is 4.57 Å². The minimum Gasteiger partial charge on any atom is -0.323 e. The van der Waals surface area contributed by atoms with Crippen molar-refractivity contribution in [1.82, 2.24) is 0 Å². The van der Waals surface area contributed by atoms with Gasteiger partial charge in [-0.05, 0) is 56.3 Å². The molecular weight excluding hydrogens is 299 g/mol. The first-order valence-corrected chi connectivity index (χ1v) is 12.5. The molecule has 0 aromatic heterocycles. The standard InChI is InChI=1S/C21H39OP/c1-16-7-4-10-19(13-16)23(22,20-11-5-8-17(2)14-20)21-12-6-9-18(3)15-21/h16-21H,4-15H2,1-3H3. The van der Waals surface area contributed by atoms with Crippen LogP contribution in [0.4, 0.5) is 0 Å². The molecule has 6 unspecified atom stereocenters. The van der Waals surface area contributed by atoms with Gasteiger partial charge in [-0.25, -0.2) is 0 Å². The largest absolute Gasteiger partial charge is 0.323 e. The molecule has 0 spiro atoms. The average Bonchev–Trinajstić information content (AvgIpc) is 2.54. The molecule has 3 saturated carbocycles. The normalized spacial score (nSPS) is 45.3. The van der Waals surface area contributed by atoms with Crippen LogP contribution in [-0.2, 0) is 4.57 Å². The summed E-state index contributed by atoms with van der Waals surface area (Å²) >= 11 is 0. The van der Waals surface area contributed by atoms with E-state index in [2.05, 4.69) is 20.8 Å². The third kappa shape index (κ3) is 3.91. The van der Waals surface area contributed by atoms with E-state index in [4.69, 9.17) is 0 Å². The van der Waals surface area contributed by atoms with E-state index in [1.807, 2.05) is 0 Å². The highest BCUT2D eigenvalue weighted by Gasteiger charge is 2.48. The topological polar surface area (TPSA) is 17.1 Å². The summed E-state index contributed by atoms with van der Waals surface area (Å²) in [4.78, 5) is 0. The van der Waals surface area contributed by atoms with Gasteiger partial charge < -0.3 is 4.57 Å². The fourth-order valence-electron chi connectivity index (χ4n) is 6.20. The Morgan fingerprint density at radius 3 is 1.13 bits per heavy atom. The lowest BCUT2D eigenvalue weighted by atomic mass is 9.89. The quantitative estimate of drug-likeness (QED) is 0.502. The van der Waals surface area contributed by atoms with E-state index < -0.39 is 7.14 Å². The van der Waals surface area contributed by atoms with Crippen LogP contribution in [0.25, 0.3) is 0 Å². The molecule has 134 valence electrons. The molecule has 0 saturated heterocycles. The van der Waals surface area contributed by atoms with E-state index in [9.17, 15) is 4.57 Å². The van der Waals surface area contributed by atoms with Crippen molar-refractivity contribution in [1.29, 1.82) is 0 Å². The van der Waals surface area contributed by atoms with Crippen LogP contribution in [0.1, 0.15) is 97.8 Å². The summed E-state index contributed by atoms with van der Waals surface area (Å²) in [5.41, 5.74) is 1.74. The highest BCUT2D eigenvalue weighted by atomic mass is 31.2. The van der Waals surface area contributed by atoms with E-state index in [0.29, 0.717) is 17.0 Å². The van der Waals surface area contributed by atoms with Gasteiger partial charge in [0.15, 0.2) is 0 Å². The zero-order valence-electron chi connectivity index (χ0n) is 15.8. The van der Waals surface area contributed by atoms with Crippen LogP contribution in [-0.4, -0.2) is 17.0 Å². The van der Waals surface area contributed by atoms with E-state index >= 15 is 0 Å². The van der Waals surface area contributed by atoms with Crippen LogP contribution in [0.3, 0.4) is 0 Å². The molecule has 3 aliphatic rings. The molecule has 0 heterocycles. The maximum atomic E-state index is 14.7. The molecule has 6 atom stereocenters. The molecule has 0 N–H and O–H groups in total. The van der Waals surface area contributed by atoms with Crippen molar-refractivity contribution in [2.24, 2.45) is 17.8 Å².